The molecule has 182 valence electrons. The molecule has 1 fully saturated rings. The molecule has 34 heavy (non-hydrogen) atoms. The summed E-state index contributed by atoms with van der Waals surface area (Å²) in [6, 6.07) is 6.51. The second kappa shape index (κ2) is 10.1. The van der Waals surface area contributed by atoms with Crippen LogP contribution in [-0.4, -0.2) is 68.4 Å². The lowest BCUT2D eigenvalue weighted by molar-refractivity contribution is -0.142. The van der Waals surface area contributed by atoms with Gasteiger partial charge in [-0.3, -0.25) is 14.9 Å². The second-order valence-electron chi connectivity index (χ2n) is 8.70. The van der Waals surface area contributed by atoms with Crippen LogP contribution in [0.4, 0.5) is 0 Å². The highest BCUT2D eigenvalue weighted by molar-refractivity contribution is 5.81. The number of nitrogens with one attached hydrogen (secondary N) is 1. The van der Waals surface area contributed by atoms with Gasteiger partial charge in [-0.1, -0.05) is 6.07 Å². The minimum Gasteiger partial charge on any atom is -0.480 e. The molecular weight excluding hydrogens is 440 g/mol. The number of pyridine rings is 1. The lowest BCUT2D eigenvalue weighted by atomic mass is 10.1. The van der Waals surface area contributed by atoms with E-state index in [1.165, 1.54) is 6.92 Å². The molecule has 0 amide bonds. The third-order valence-corrected chi connectivity index (χ3v) is 5.98. The number of nitrogens with zero attached hydrogens (tertiary/aromatic N) is 3. The molecular formula is C24H30N4O6. The summed E-state index contributed by atoms with van der Waals surface area (Å²) >= 11 is 0. The fraction of sp³-hybridized carbons (Fsp3) is 0.458. The Bertz CT molecular complexity index is 1220. The molecule has 0 aliphatic carbocycles. The van der Waals surface area contributed by atoms with Crippen molar-refractivity contribution in [3.05, 3.63) is 51.9 Å². The van der Waals surface area contributed by atoms with E-state index in [1.54, 1.807) is 24.7 Å². The van der Waals surface area contributed by atoms with Crippen LogP contribution >= 0.6 is 0 Å². The van der Waals surface area contributed by atoms with Gasteiger partial charge in [0.1, 0.15) is 11.9 Å². The average Bonchev–Trinajstić information content (AvgIpc) is 3.15. The van der Waals surface area contributed by atoms with Crippen molar-refractivity contribution in [2.45, 2.75) is 45.2 Å². The van der Waals surface area contributed by atoms with Gasteiger partial charge in [0, 0.05) is 30.9 Å². The summed E-state index contributed by atoms with van der Waals surface area (Å²) in [6.45, 7) is 5.62. The summed E-state index contributed by atoms with van der Waals surface area (Å²) in [7, 11) is 1.72. The molecule has 3 unspecified atom stereocenters. The zero-order valence-corrected chi connectivity index (χ0v) is 19.5. The zero-order chi connectivity index (χ0) is 24.4. The number of carboxylic acids is 1. The standard InChI is InChI=1S/C24H30N4O6/c1-14-8-17(11-27(3)23(14)30)22-26-19-9-16(10-25-21(15(2)29)24(31)32)4-5-20(19)28(22)12-18-13-33-6-7-34-18/h4-5,8-9,11,15,18,21,25,29H,6-7,10,12-13H2,1-3H3,(H,31,32). The Kier molecular flexibility index (Phi) is 7.13. The zero-order valence-electron chi connectivity index (χ0n) is 19.5. The fourth-order valence-corrected chi connectivity index (χ4v) is 4.23. The second-order valence-corrected chi connectivity index (χ2v) is 8.70. The van der Waals surface area contributed by atoms with Gasteiger partial charge in [-0.05, 0) is 37.6 Å². The molecule has 2 aromatic heterocycles. The number of carboxylic acid groups (broad SMARTS) is 1. The number of ether oxygens (including phenoxy) is 2. The van der Waals surface area contributed by atoms with Gasteiger partial charge in [0.25, 0.3) is 5.56 Å². The number of aliphatic hydroxyl groups is 1. The van der Waals surface area contributed by atoms with E-state index in [-0.39, 0.29) is 18.2 Å². The van der Waals surface area contributed by atoms with Gasteiger partial charge in [-0.15, -0.1) is 0 Å². The van der Waals surface area contributed by atoms with Gasteiger partial charge in [-0.2, -0.15) is 0 Å². The Balaban J connectivity index is 1.72. The number of aryl methyl sites for hydroxylation is 2. The van der Waals surface area contributed by atoms with Crippen LogP contribution in [0.1, 0.15) is 18.1 Å². The lowest BCUT2D eigenvalue weighted by Gasteiger charge is -2.24. The van der Waals surface area contributed by atoms with Crippen molar-refractivity contribution in [3.8, 4) is 11.4 Å². The summed E-state index contributed by atoms with van der Waals surface area (Å²) < 4.78 is 15.1. The van der Waals surface area contributed by atoms with Gasteiger partial charge >= 0.3 is 5.97 Å². The Morgan fingerprint density at radius 3 is 2.76 bits per heavy atom. The predicted molar refractivity (Wildman–Crippen MR) is 126 cm³/mol. The first kappa shape index (κ1) is 24.1. The molecule has 1 aliphatic heterocycles. The van der Waals surface area contributed by atoms with E-state index in [1.807, 2.05) is 24.3 Å². The molecule has 10 heteroatoms. The first-order valence-electron chi connectivity index (χ1n) is 11.2. The third kappa shape index (κ3) is 5.05. The number of hydrogen-bond acceptors (Lipinski definition) is 7. The maximum atomic E-state index is 12.2. The number of hydrogen-bond donors (Lipinski definition) is 3. The highest BCUT2D eigenvalue weighted by atomic mass is 16.6. The summed E-state index contributed by atoms with van der Waals surface area (Å²) in [5.74, 6) is -0.400. The Hall–Kier alpha value is -3.05. The van der Waals surface area contributed by atoms with Gasteiger partial charge < -0.3 is 28.8 Å². The van der Waals surface area contributed by atoms with E-state index >= 15 is 0 Å². The Morgan fingerprint density at radius 2 is 2.12 bits per heavy atom. The molecule has 1 saturated heterocycles. The molecule has 3 aromatic rings. The minimum absolute atomic E-state index is 0.0603. The summed E-state index contributed by atoms with van der Waals surface area (Å²) in [6.07, 6.45) is 0.619. The molecule has 1 aromatic carbocycles. The molecule has 3 atom stereocenters. The highest BCUT2D eigenvalue weighted by Crippen LogP contribution is 2.27. The first-order valence-corrected chi connectivity index (χ1v) is 11.2. The maximum absolute atomic E-state index is 12.2. The van der Waals surface area contributed by atoms with Crippen molar-refractivity contribution in [1.29, 1.82) is 0 Å². The molecule has 3 heterocycles. The van der Waals surface area contributed by atoms with E-state index in [2.05, 4.69) is 9.88 Å². The van der Waals surface area contributed by atoms with Gasteiger partial charge in [0.2, 0.25) is 0 Å². The molecule has 0 bridgehead atoms. The maximum Gasteiger partial charge on any atom is 0.323 e. The SMILES string of the molecule is Cc1cc(-c2nc3cc(CNC(C(=O)O)C(C)O)ccc3n2CC2COCCO2)cn(C)c1=O. The third-order valence-electron chi connectivity index (χ3n) is 5.98. The number of aliphatic carboxylic acids is 1. The summed E-state index contributed by atoms with van der Waals surface area (Å²) in [5.41, 5.74) is 3.84. The van der Waals surface area contributed by atoms with E-state index < -0.39 is 18.1 Å². The quantitative estimate of drug-likeness (QED) is 0.446. The molecule has 1 aliphatic rings. The Labute approximate surface area is 196 Å². The number of fused-ring (bicyclic) bond motifs is 1. The molecule has 0 radical (unpaired) electrons. The first-order chi connectivity index (χ1) is 16.2. The van der Waals surface area contributed by atoms with Crippen LogP contribution in [0.25, 0.3) is 22.4 Å². The van der Waals surface area contributed by atoms with Crippen molar-refractivity contribution < 1.29 is 24.5 Å². The topological polar surface area (TPSA) is 128 Å². The number of aromatic nitrogens is 3. The number of carbonyl (C=O) groups is 1. The van der Waals surface area contributed by atoms with Crippen molar-refractivity contribution in [3.63, 3.8) is 0 Å². The van der Waals surface area contributed by atoms with Gasteiger partial charge in [0.15, 0.2) is 0 Å². The van der Waals surface area contributed by atoms with Crippen LogP contribution in [0, 0.1) is 6.92 Å². The van der Waals surface area contributed by atoms with Crippen LogP contribution < -0.4 is 10.9 Å². The largest absolute Gasteiger partial charge is 0.480 e. The van der Waals surface area contributed by atoms with Crippen LogP contribution in [0.5, 0.6) is 0 Å². The Morgan fingerprint density at radius 1 is 1.32 bits per heavy atom. The molecule has 4 rings (SSSR count). The van der Waals surface area contributed by atoms with E-state index in [9.17, 15) is 19.8 Å². The average molecular weight is 471 g/mol. The number of benzene rings is 1. The molecule has 3 N–H and O–H groups in total. The molecule has 0 saturated carbocycles. The van der Waals surface area contributed by atoms with E-state index in [4.69, 9.17) is 14.5 Å². The molecule has 10 nitrogen and oxygen atoms in total. The van der Waals surface area contributed by atoms with E-state index in [0.29, 0.717) is 37.8 Å². The fourth-order valence-electron chi connectivity index (χ4n) is 4.23. The minimum atomic E-state index is -1.11. The number of aliphatic hydroxyl groups excluding tert-OH is 1. The van der Waals surface area contributed by atoms with Crippen LogP contribution in [-0.2, 0) is 34.4 Å². The number of imidazole rings is 1. The highest BCUT2D eigenvalue weighted by Gasteiger charge is 2.23. The monoisotopic (exact) mass is 470 g/mol. The van der Waals surface area contributed by atoms with Crippen LogP contribution in [0.3, 0.4) is 0 Å². The van der Waals surface area contributed by atoms with Crippen molar-refractivity contribution in [1.82, 2.24) is 19.4 Å². The van der Waals surface area contributed by atoms with Gasteiger partial charge in [-0.25, -0.2) is 4.98 Å². The molecule has 0 spiro atoms. The lowest BCUT2D eigenvalue weighted by Crippen LogP contribution is -2.44. The van der Waals surface area contributed by atoms with Crippen molar-refractivity contribution in [2.75, 3.05) is 19.8 Å². The summed E-state index contributed by atoms with van der Waals surface area (Å²) in [4.78, 5) is 28.5. The van der Waals surface area contributed by atoms with E-state index in [0.717, 1.165) is 22.2 Å². The van der Waals surface area contributed by atoms with Crippen molar-refractivity contribution >= 4 is 17.0 Å². The predicted octanol–water partition coefficient (Wildman–Crippen LogP) is 1.05. The smallest absolute Gasteiger partial charge is 0.323 e. The van der Waals surface area contributed by atoms with Crippen LogP contribution in [0.15, 0.2) is 35.3 Å². The van der Waals surface area contributed by atoms with Crippen molar-refractivity contribution in [2.24, 2.45) is 7.05 Å². The normalized spacial score (nSPS) is 18.2. The summed E-state index contributed by atoms with van der Waals surface area (Å²) in [5, 5.41) is 21.9. The van der Waals surface area contributed by atoms with Crippen LogP contribution in [0.2, 0.25) is 0 Å². The number of rotatable bonds is 8. The van der Waals surface area contributed by atoms with Gasteiger partial charge in [0.05, 0.1) is 49.6 Å².